The number of thiazole rings is 1. The first-order valence-electron chi connectivity index (χ1n) is 11.4. The van der Waals surface area contributed by atoms with Gasteiger partial charge in [-0.2, -0.15) is 0 Å². The zero-order valence-corrected chi connectivity index (χ0v) is 23.9. The van der Waals surface area contributed by atoms with Gasteiger partial charge in [-0.3, -0.25) is 29.4 Å². The van der Waals surface area contributed by atoms with Crippen LogP contribution in [0.4, 0.5) is 10.8 Å². The number of carbonyl (C=O) groups is 3. The molecule has 4 aromatic rings. The number of nitro groups is 1. The molecule has 0 spiro atoms. The Morgan fingerprint density at radius 2 is 1.73 bits per heavy atom. The maximum absolute atomic E-state index is 13.6. The Bertz CT molecular complexity index is 1790. The SMILES string of the molecule is O=C1C(=O)N(c2ncc(S(=O)(=O)c3ccc([N+](=O)[O-])cc3)s2)C(c2cccc(Br)c2)C1C(=O)c1ccc(Cl)cc1. The molecule has 3 aromatic carbocycles. The Kier molecular flexibility index (Phi) is 7.40. The molecule has 1 aliphatic heterocycles. The summed E-state index contributed by atoms with van der Waals surface area (Å²) in [5.41, 5.74) is 0.354. The minimum atomic E-state index is -4.16. The van der Waals surface area contributed by atoms with Crippen molar-refractivity contribution in [1.82, 2.24) is 4.98 Å². The van der Waals surface area contributed by atoms with Crippen molar-refractivity contribution in [1.29, 1.82) is 0 Å². The van der Waals surface area contributed by atoms with E-state index in [1.165, 1.54) is 24.3 Å². The number of hydrogen-bond acceptors (Lipinski definition) is 9. The van der Waals surface area contributed by atoms with Crippen molar-refractivity contribution < 1.29 is 27.7 Å². The predicted octanol–water partition coefficient (Wildman–Crippen LogP) is 5.46. The Balaban J connectivity index is 1.58. The van der Waals surface area contributed by atoms with Gasteiger partial charge in [0.2, 0.25) is 15.6 Å². The van der Waals surface area contributed by atoms with Gasteiger partial charge >= 0.3 is 0 Å². The lowest BCUT2D eigenvalue weighted by Crippen LogP contribution is -2.30. The summed E-state index contributed by atoms with van der Waals surface area (Å²) in [5, 5.41) is 11.2. The Hall–Kier alpha value is -3.78. The van der Waals surface area contributed by atoms with Crippen molar-refractivity contribution in [2.24, 2.45) is 5.92 Å². The third kappa shape index (κ3) is 4.96. The van der Waals surface area contributed by atoms with E-state index >= 15 is 0 Å². The average Bonchev–Trinajstić information content (AvgIpc) is 3.52. The van der Waals surface area contributed by atoms with E-state index in [0.717, 1.165) is 35.4 Å². The van der Waals surface area contributed by atoms with E-state index in [9.17, 15) is 32.9 Å². The number of nitro benzene ring substituents is 1. The molecule has 14 heteroatoms. The second kappa shape index (κ2) is 10.7. The molecule has 2 atom stereocenters. The summed E-state index contributed by atoms with van der Waals surface area (Å²) >= 11 is 9.96. The van der Waals surface area contributed by atoms with Crippen LogP contribution in [0.2, 0.25) is 5.02 Å². The number of benzene rings is 3. The van der Waals surface area contributed by atoms with Crippen molar-refractivity contribution in [2.75, 3.05) is 4.90 Å². The van der Waals surface area contributed by atoms with Crippen molar-refractivity contribution in [2.45, 2.75) is 15.1 Å². The van der Waals surface area contributed by atoms with Crippen LogP contribution in [0.5, 0.6) is 0 Å². The average molecular weight is 661 g/mol. The van der Waals surface area contributed by atoms with Crippen molar-refractivity contribution in [3.63, 3.8) is 0 Å². The summed E-state index contributed by atoms with van der Waals surface area (Å²) in [6, 6.07) is 15.9. The molecule has 1 aliphatic rings. The first-order valence-corrected chi connectivity index (χ1v) is 14.8. The zero-order valence-electron chi connectivity index (χ0n) is 19.9. The third-order valence-electron chi connectivity index (χ3n) is 6.21. The van der Waals surface area contributed by atoms with Gasteiger partial charge in [-0.05, 0) is 54.1 Å². The number of anilines is 1. The first kappa shape index (κ1) is 27.8. The second-order valence-corrected chi connectivity index (χ2v) is 13.1. The van der Waals surface area contributed by atoms with Crippen LogP contribution in [-0.2, 0) is 19.4 Å². The maximum atomic E-state index is 13.6. The van der Waals surface area contributed by atoms with Gasteiger partial charge in [0.05, 0.1) is 22.1 Å². The number of ketones is 2. The Labute approximate surface area is 244 Å². The standard InChI is InChI=1S/C26H15BrClN3O7S2/c27-16-3-1-2-15(12-16)22-21(23(32)14-4-6-17(28)7-5-14)24(33)25(34)30(22)26-29-13-20(39-26)40(37,38)19-10-8-18(9-11-19)31(35)36/h1-13,21-22H. The number of halogens is 2. The van der Waals surface area contributed by atoms with Crippen LogP contribution < -0.4 is 4.90 Å². The number of Topliss-reactive ketones (excluding diaryl/α,β-unsaturated/α-hetero) is 2. The van der Waals surface area contributed by atoms with Gasteiger partial charge in [0.25, 0.3) is 11.6 Å². The molecule has 0 radical (unpaired) electrons. The summed E-state index contributed by atoms with van der Waals surface area (Å²) in [6.45, 7) is 0. The van der Waals surface area contributed by atoms with Crippen LogP contribution in [0.25, 0.3) is 0 Å². The van der Waals surface area contributed by atoms with E-state index < -0.39 is 44.2 Å². The predicted molar refractivity (Wildman–Crippen MR) is 149 cm³/mol. The van der Waals surface area contributed by atoms with Gasteiger partial charge in [-0.25, -0.2) is 13.4 Å². The lowest BCUT2D eigenvalue weighted by Gasteiger charge is -2.25. The minimum Gasteiger partial charge on any atom is -0.293 e. The number of sulfone groups is 1. The number of aromatic nitrogens is 1. The molecular weight excluding hydrogens is 646 g/mol. The van der Waals surface area contributed by atoms with E-state index in [-0.39, 0.29) is 25.5 Å². The highest BCUT2D eigenvalue weighted by Crippen LogP contribution is 2.44. The Morgan fingerprint density at radius 1 is 1.05 bits per heavy atom. The molecule has 0 aliphatic carbocycles. The molecule has 1 amide bonds. The first-order chi connectivity index (χ1) is 19.0. The summed E-state index contributed by atoms with van der Waals surface area (Å²) in [5.74, 6) is -4.00. The van der Waals surface area contributed by atoms with Gasteiger partial charge in [-0.1, -0.05) is 51.0 Å². The highest BCUT2D eigenvalue weighted by Gasteiger charge is 2.53. The fraction of sp³-hybridized carbons (Fsp3) is 0.0769. The van der Waals surface area contributed by atoms with Gasteiger partial charge in [0.1, 0.15) is 10.1 Å². The molecule has 5 rings (SSSR count). The van der Waals surface area contributed by atoms with Gasteiger partial charge < -0.3 is 0 Å². The van der Waals surface area contributed by atoms with Gasteiger partial charge in [0.15, 0.2) is 10.9 Å². The van der Waals surface area contributed by atoms with Crippen LogP contribution in [0.1, 0.15) is 22.0 Å². The molecule has 0 bridgehead atoms. The highest BCUT2D eigenvalue weighted by atomic mass is 79.9. The summed E-state index contributed by atoms with van der Waals surface area (Å²) in [6.07, 6.45) is 1.04. The molecule has 40 heavy (non-hydrogen) atoms. The van der Waals surface area contributed by atoms with Crippen LogP contribution >= 0.6 is 38.9 Å². The molecule has 10 nitrogen and oxygen atoms in total. The highest BCUT2D eigenvalue weighted by molar-refractivity contribution is 9.10. The van der Waals surface area contributed by atoms with Crippen molar-refractivity contribution in [3.8, 4) is 0 Å². The minimum absolute atomic E-state index is 0.102. The number of rotatable bonds is 7. The van der Waals surface area contributed by atoms with Crippen LogP contribution in [0.15, 0.2) is 92.6 Å². The number of non-ortho nitro benzene ring substituents is 1. The fourth-order valence-corrected chi connectivity index (χ4v) is 7.41. The summed E-state index contributed by atoms with van der Waals surface area (Å²) in [7, 11) is -4.16. The lowest BCUT2D eigenvalue weighted by atomic mass is 9.86. The monoisotopic (exact) mass is 659 g/mol. The van der Waals surface area contributed by atoms with Gasteiger partial charge in [0, 0.05) is 27.2 Å². The summed E-state index contributed by atoms with van der Waals surface area (Å²) < 4.78 is 26.8. The topological polar surface area (TPSA) is 145 Å². The molecule has 202 valence electrons. The molecule has 0 saturated carbocycles. The number of nitrogens with zero attached hydrogens (tertiary/aromatic N) is 3. The van der Waals surface area contributed by atoms with Crippen LogP contribution in [-0.4, -0.2) is 35.8 Å². The van der Waals surface area contributed by atoms with Crippen LogP contribution in [0.3, 0.4) is 0 Å². The number of amides is 1. The molecule has 1 aromatic heterocycles. The van der Waals surface area contributed by atoms with E-state index in [2.05, 4.69) is 20.9 Å². The van der Waals surface area contributed by atoms with Crippen molar-refractivity contribution >= 4 is 77.0 Å². The van der Waals surface area contributed by atoms with E-state index in [4.69, 9.17) is 11.6 Å². The largest absolute Gasteiger partial charge is 0.297 e. The van der Waals surface area contributed by atoms with E-state index in [1.807, 2.05) is 0 Å². The second-order valence-electron chi connectivity index (χ2n) is 8.60. The normalized spacial score (nSPS) is 17.3. The molecule has 2 unspecified atom stereocenters. The molecule has 1 fully saturated rings. The molecule has 1 saturated heterocycles. The third-order valence-corrected chi connectivity index (χ3v) is 10.2. The van der Waals surface area contributed by atoms with E-state index in [0.29, 0.717) is 26.4 Å². The zero-order chi connectivity index (χ0) is 28.8. The quantitative estimate of drug-likeness (QED) is 0.0836. The van der Waals surface area contributed by atoms with Gasteiger partial charge in [-0.15, -0.1) is 0 Å². The Morgan fingerprint density at radius 3 is 2.35 bits per heavy atom. The number of carbonyl (C=O) groups excluding carboxylic acids is 3. The van der Waals surface area contributed by atoms with Crippen molar-refractivity contribution in [3.05, 3.63) is 110 Å². The molecular formula is C26H15BrClN3O7S2. The lowest BCUT2D eigenvalue weighted by molar-refractivity contribution is -0.384. The van der Waals surface area contributed by atoms with E-state index in [1.54, 1.807) is 24.3 Å². The maximum Gasteiger partial charge on any atom is 0.297 e. The number of hydrogen-bond donors (Lipinski definition) is 0. The molecule has 2 heterocycles. The van der Waals surface area contributed by atoms with Crippen LogP contribution in [0, 0.1) is 16.0 Å². The molecule has 0 N–H and O–H groups in total. The summed E-state index contributed by atoms with van der Waals surface area (Å²) in [4.78, 5) is 55.5. The smallest absolute Gasteiger partial charge is 0.293 e. The fourth-order valence-electron chi connectivity index (χ4n) is 4.31.